The number of benzene rings is 1. The van der Waals surface area contributed by atoms with E-state index in [1.54, 1.807) is 45.0 Å². The highest BCUT2D eigenvalue weighted by atomic mass is 35.5. The van der Waals surface area contributed by atoms with Gasteiger partial charge in [0.15, 0.2) is 11.4 Å². The topological polar surface area (TPSA) is 128 Å². The number of carbonyl (C=O) groups is 1. The van der Waals surface area contributed by atoms with Gasteiger partial charge < -0.3 is 15.2 Å². The number of anilines is 2. The van der Waals surface area contributed by atoms with E-state index in [1.165, 1.54) is 33.4 Å². The number of hydrogen-bond acceptors (Lipinski definition) is 7. The number of carboxylic acid groups (broad SMARTS) is 1. The van der Waals surface area contributed by atoms with E-state index < -0.39 is 17.2 Å². The number of nitrogens with one attached hydrogen (secondary N) is 1. The van der Waals surface area contributed by atoms with E-state index in [9.17, 15) is 14.4 Å². The van der Waals surface area contributed by atoms with Crippen LogP contribution in [0.3, 0.4) is 0 Å². The summed E-state index contributed by atoms with van der Waals surface area (Å²) in [6.45, 7) is 5.45. The summed E-state index contributed by atoms with van der Waals surface area (Å²) in [5, 5.41) is 12.8. The zero-order chi connectivity index (χ0) is 26.7. The number of ether oxygens (including phenoxy) is 1. The molecule has 11 heteroatoms. The summed E-state index contributed by atoms with van der Waals surface area (Å²) in [7, 11) is 0. The maximum Gasteiger partial charge on any atom is 0.354 e. The van der Waals surface area contributed by atoms with Crippen molar-refractivity contribution >= 4 is 29.2 Å². The van der Waals surface area contributed by atoms with Gasteiger partial charge in [-0.25, -0.2) is 19.6 Å². The van der Waals surface area contributed by atoms with Crippen LogP contribution in [0.25, 0.3) is 0 Å². The molecule has 2 N–H and O–H groups in total. The number of halogens is 1. The van der Waals surface area contributed by atoms with Gasteiger partial charge >= 0.3 is 11.7 Å². The van der Waals surface area contributed by atoms with Gasteiger partial charge in [0, 0.05) is 23.2 Å². The van der Waals surface area contributed by atoms with Crippen LogP contribution in [0.4, 0.5) is 11.6 Å². The summed E-state index contributed by atoms with van der Waals surface area (Å²) in [4.78, 5) is 45.6. The van der Waals surface area contributed by atoms with Crippen molar-refractivity contribution in [3.63, 3.8) is 0 Å². The molecule has 0 aliphatic heterocycles. The highest BCUT2D eigenvalue weighted by Crippen LogP contribution is 2.25. The molecule has 1 aromatic carbocycles. The number of aromatic carboxylic acids is 1. The standard InChI is InChI=1S/C26H24ClN5O5/c1-15(2)32-24(33)13-22(31(26(32)36)14-17-7-9-18(27)10-8-17)30-21-12-11-20(16(3)28-21)37-23-6-4-5-19(29-23)25(34)35/h4-13,15H,14H2,1-3H3,(H,28,30)(H,34,35). The molecule has 0 spiro atoms. The van der Waals surface area contributed by atoms with Crippen molar-refractivity contribution in [1.82, 2.24) is 19.1 Å². The van der Waals surface area contributed by atoms with Gasteiger partial charge in [0.1, 0.15) is 11.6 Å². The molecule has 4 aromatic rings. The van der Waals surface area contributed by atoms with Crippen LogP contribution in [0.15, 0.2) is 70.3 Å². The number of aromatic nitrogens is 4. The Morgan fingerprint density at radius 1 is 1.08 bits per heavy atom. The van der Waals surface area contributed by atoms with Crippen molar-refractivity contribution in [1.29, 1.82) is 0 Å². The number of pyridine rings is 2. The first-order chi connectivity index (χ1) is 17.6. The van der Waals surface area contributed by atoms with Gasteiger partial charge in [0.05, 0.1) is 12.2 Å². The first kappa shape index (κ1) is 25.6. The Bertz CT molecular complexity index is 1580. The lowest BCUT2D eigenvalue weighted by molar-refractivity contribution is 0.0689. The van der Waals surface area contributed by atoms with Crippen molar-refractivity contribution in [2.75, 3.05) is 5.32 Å². The molecule has 0 saturated carbocycles. The van der Waals surface area contributed by atoms with E-state index in [1.807, 2.05) is 12.1 Å². The van der Waals surface area contributed by atoms with Crippen molar-refractivity contribution in [2.24, 2.45) is 0 Å². The van der Waals surface area contributed by atoms with Gasteiger partial charge in [0.2, 0.25) is 5.88 Å². The van der Waals surface area contributed by atoms with Gasteiger partial charge in [-0.2, -0.15) is 0 Å². The van der Waals surface area contributed by atoms with Crippen LogP contribution in [-0.4, -0.2) is 30.2 Å². The Morgan fingerprint density at radius 3 is 2.46 bits per heavy atom. The second kappa shape index (κ2) is 10.7. The van der Waals surface area contributed by atoms with Crippen LogP contribution < -0.4 is 21.3 Å². The fourth-order valence-corrected chi connectivity index (χ4v) is 3.78. The average Bonchev–Trinajstić information content (AvgIpc) is 2.84. The summed E-state index contributed by atoms with van der Waals surface area (Å²) >= 11 is 6.00. The van der Waals surface area contributed by atoms with Gasteiger partial charge in [-0.1, -0.05) is 29.8 Å². The third-order valence-corrected chi connectivity index (χ3v) is 5.70. The van der Waals surface area contributed by atoms with Crippen molar-refractivity contribution in [2.45, 2.75) is 33.4 Å². The fraction of sp³-hybridized carbons (Fsp3) is 0.192. The lowest BCUT2D eigenvalue weighted by Crippen LogP contribution is -2.41. The molecule has 190 valence electrons. The van der Waals surface area contributed by atoms with Crippen molar-refractivity contribution < 1.29 is 14.6 Å². The Kier molecular flexibility index (Phi) is 7.40. The maximum atomic E-state index is 13.3. The fourth-order valence-electron chi connectivity index (χ4n) is 3.66. The molecule has 0 amide bonds. The predicted molar refractivity (Wildman–Crippen MR) is 139 cm³/mol. The monoisotopic (exact) mass is 521 g/mol. The Hall–Kier alpha value is -4.44. The number of aryl methyl sites for hydroxylation is 1. The van der Waals surface area contributed by atoms with Crippen LogP contribution in [0.5, 0.6) is 11.6 Å². The first-order valence-electron chi connectivity index (χ1n) is 11.4. The number of carboxylic acids is 1. The molecule has 0 atom stereocenters. The molecule has 0 unspecified atom stereocenters. The van der Waals surface area contributed by atoms with Gasteiger partial charge in [0.25, 0.3) is 5.56 Å². The Labute approximate surface area is 216 Å². The lowest BCUT2D eigenvalue weighted by atomic mass is 10.2. The molecule has 37 heavy (non-hydrogen) atoms. The van der Waals surface area contributed by atoms with Crippen LogP contribution in [-0.2, 0) is 6.54 Å². The molecule has 0 aliphatic rings. The van der Waals surface area contributed by atoms with Crippen molar-refractivity contribution in [3.05, 3.63) is 103 Å². The Balaban J connectivity index is 1.66. The predicted octanol–water partition coefficient (Wildman–Crippen LogP) is 4.63. The van der Waals surface area contributed by atoms with E-state index in [2.05, 4.69) is 15.3 Å². The van der Waals surface area contributed by atoms with Crippen LogP contribution in [0, 0.1) is 6.92 Å². The van der Waals surface area contributed by atoms with Crippen molar-refractivity contribution in [3.8, 4) is 11.6 Å². The molecule has 4 rings (SSSR count). The lowest BCUT2D eigenvalue weighted by Gasteiger charge is -2.18. The smallest absolute Gasteiger partial charge is 0.354 e. The second-order valence-electron chi connectivity index (χ2n) is 8.50. The van der Waals surface area contributed by atoms with E-state index >= 15 is 0 Å². The molecular formula is C26H24ClN5O5. The molecule has 0 radical (unpaired) electrons. The molecule has 0 aliphatic carbocycles. The van der Waals surface area contributed by atoms with Gasteiger partial charge in [-0.3, -0.25) is 13.9 Å². The number of rotatable bonds is 8. The number of nitrogens with zero attached hydrogens (tertiary/aromatic N) is 4. The molecule has 0 fully saturated rings. The summed E-state index contributed by atoms with van der Waals surface area (Å²) in [6.07, 6.45) is 0. The van der Waals surface area contributed by atoms with Gasteiger partial charge in [-0.05, 0) is 56.7 Å². The molecule has 10 nitrogen and oxygen atoms in total. The second-order valence-corrected chi connectivity index (χ2v) is 8.94. The molecule has 3 heterocycles. The zero-order valence-electron chi connectivity index (χ0n) is 20.3. The van der Waals surface area contributed by atoms with Crippen LogP contribution in [0.1, 0.15) is 41.6 Å². The summed E-state index contributed by atoms with van der Waals surface area (Å²) < 4.78 is 8.37. The van der Waals surface area contributed by atoms with E-state index in [-0.39, 0.29) is 30.0 Å². The Morgan fingerprint density at radius 2 is 1.81 bits per heavy atom. The molecule has 3 aromatic heterocycles. The number of hydrogen-bond donors (Lipinski definition) is 2. The minimum atomic E-state index is -1.16. The molecule has 0 bridgehead atoms. The summed E-state index contributed by atoms with van der Waals surface area (Å²) in [6, 6.07) is 15.8. The quantitative estimate of drug-likeness (QED) is 0.343. The third-order valence-electron chi connectivity index (χ3n) is 5.45. The maximum absolute atomic E-state index is 13.3. The highest BCUT2D eigenvalue weighted by molar-refractivity contribution is 6.30. The molecular weight excluding hydrogens is 498 g/mol. The third kappa shape index (κ3) is 5.87. The van der Waals surface area contributed by atoms with E-state index in [0.717, 1.165) is 5.56 Å². The first-order valence-corrected chi connectivity index (χ1v) is 11.7. The van der Waals surface area contributed by atoms with Crippen LogP contribution >= 0.6 is 11.6 Å². The zero-order valence-corrected chi connectivity index (χ0v) is 21.1. The molecule has 0 saturated heterocycles. The largest absolute Gasteiger partial charge is 0.477 e. The summed E-state index contributed by atoms with van der Waals surface area (Å²) in [5.74, 6) is -0.0286. The van der Waals surface area contributed by atoms with Gasteiger partial charge in [-0.15, -0.1) is 0 Å². The average molecular weight is 522 g/mol. The minimum Gasteiger partial charge on any atom is -0.477 e. The van der Waals surface area contributed by atoms with Crippen LogP contribution in [0.2, 0.25) is 5.02 Å². The summed E-state index contributed by atoms with van der Waals surface area (Å²) in [5.41, 5.74) is 0.273. The van der Waals surface area contributed by atoms with E-state index in [0.29, 0.717) is 22.3 Å². The van der Waals surface area contributed by atoms with E-state index in [4.69, 9.17) is 21.4 Å². The SMILES string of the molecule is Cc1nc(Nc2cc(=O)n(C(C)C)c(=O)n2Cc2ccc(Cl)cc2)ccc1Oc1cccc(C(=O)O)n1. The minimum absolute atomic E-state index is 0.111. The normalized spacial score (nSPS) is 10.9. The highest BCUT2D eigenvalue weighted by Gasteiger charge is 2.16.